The fourth-order valence-electron chi connectivity index (χ4n) is 3.20. The number of fused-ring (bicyclic) bond motifs is 1. The third kappa shape index (κ3) is 2.61. The van der Waals surface area contributed by atoms with Crippen molar-refractivity contribution < 1.29 is 22.8 Å². The first-order chi connectivity index (χ1) is 10.4. The van der Waals surface area contributed by atoms with Gasteiger partial charge in [0.15, 0.2) is 0 Å². The topological polar surface area (TPSA) is 49.4 Å². The normalized spacial score (nSPS) is 26.5. The Bertz CT molecular complexity index is 615. The molecule has 2 saturated heterocycles. The van der Waals surface area contributed by atoms with E-state index in [1.165, 1.54) is 12.1 Å². The van der Waals surface area contributed by atoms with Crippen molar-refractivity contribution in [2.45, 2.75) is 37.5 Å². The van der Waals surface area contributed by atoms with Crippen LogP contribution in [-0.4, -0.2) is 29.3 Å². The largest absolute Gasteiger partial charge is 0.416 e. The van der Waals surface area contributed by atoms with Gasteiger partial charge >= 0.3 is 6.18 Å². The minimum absolute atomic E-state index is 0.270. The standard InChI is InChI=1S/C15H15F3N2O2/c16-15(17,18)10-5-3-4-9(8-10)12-14(22)19-13(21)11-6-1-2-7-20(11)12/h3-5,8,11-12H,1-2,6-7H2,(H,19,21,22)/t11-,12-/m1/s1. The molecule has 2 atom stereocenters. The van der Waals surface area contributed by atoms with E-state index in [1.807, 2.05) is 0 Å². The van der Waals surface area contributed by atoms with Crippen LogP contribution in [0.3, 0.4) is 0 Å². The summed E-state index contributed by atoms with van der Waals surface area (Å²) in [6, 6.07) is 3.48. The molecule has 118 valence electrons. The van der Waals surface area contributed by atoms with E-state index in [4.69, 9.17) is 0 Å². The molecule has 2 heterocycles. The van der Waals surface area contributed by atoms with E-state index in [-0.39, 0.29) is 11.5 Å². The molecule has 1 aromatic carbocycles. The van der Waals surface area contributed by atoms with Gasteiger partial charge in [-0.3, -0.25) is 19.8 Å². The number of nitrogens with zero attached hydrogens (tertiary/aromatic N) is 1. The summed E-state index contributed by atoms with van der Waals surface area (Å²) in [5.41, 5.74) is -0.519. The van der Waals surface area contributed by atoms with Gasteiger partial charge < -0.3 is 0 Å². The number of carbonyl (C=O) groups excluding carboxylic acids is 2. The van der Waals surface area contributed by atoms with Crippen LogP contribution in [0.1, 0.15) is 36.4 Å². The smallest absolute Gasteiger partial charge is 0.293 e. The average molecular weight is 312 g/mol. The molecule has 1 aromatic rings. The second-order valence-electron chi connectivity index (χ2n) is 5.63. The highest BCUT2D eigenvalue weighted by Gasteiger charge is 2.43. The van der Waals surface area contributed by atoms with Crippen LogP contribution in [-0.2, 0) is 15.8 Å². The Morgan fingerprint density at radius 1 is 1.14 bits per heavy atom. The van der Waals surface area contributed by atoms with Crippen molar-refractivity contribution in [1.82, 2.24) is 10.2 Å². The van der Waals surface area contributed by atoms with Gasteiger partial charge in [-0.2, -0.15) is 13.2 Å². The zero-order chi connectivity index (χ0) is 15.9. The zero-order valence-corrected chi connectivity index (χ0v) is 11.7. The summed E-state index contributed by atoms with van der Waals surface area (Å²) in [6.07, 6.45) is -2.14. The molecule has 0 unspecified atom stereocenters. The Hall–Kier alpha value is -1.89. The first kappa shape index (κ1) is 15.0. The second-order valence-corrected chi connectivity index (χ2v) is 5.63. The van der Waals surface area contributed by atoms with Crippen molar-refractivity contribution in [2.75, 3.05) is 6.54 Å². The number of nitrogens with one attached hydrogen (secondary N) is 1. The van der Waals surface area contributed by atoms with Crippen LogP contribution in [0.5, 0.6) is 0 Å². The molecule has 2 amide bonds. The van der Waals surface area contributed by atoms with Gasteiger partial charge in [0.05, 0.1) is 11.6 Å². The van der Waals surface area contributed by atoms with Crippen molar-refractivity contribution in [1.29, 1.82) is 0 Å². The molecule has 0 bridgehead atoms. The van der Waals surface area contributed by atoms with Crippen LogP contribution in [0.4, 0.5) is 13.2 Å². The van der Waals surface area contributed by atoms with Crippen LogP contribution in [0.25, 0.3) is 0 Å². The Labute approximate surface area is 125 Å². The highest BCUT2D eigenvalue weighted by molar-refractivity contribution is 6.03. The van der Waals surface area contributed by atoms with E-state index in [9.17, 15) is 22.8 Å². The maximum atomic E-state index is 12.9. The summed E-state index contributed by atoms with van der Waals surface area (Å²) in [5, 5.41) is 2.28. The number of amides is 2. The molecule has 2 fully saturated rings. The summed E-state index contributed by atoms with van der Waals surface area (Å²) >= 11 is 0. The molecule has 0 aromatic heterocycles. The van der Waals surface area contributed by atoms with Gasteiger partial charge in [-0.1, -0.05) is 18.6 Å². The van der Waals surface area contributed by atoms with Gasteiger partial charge in [-0.15, -0.1) is 0 Å². The highest BCUT2D eigenvalue weighted by Crippen LogP contribution is 2.35. The molecule has 2 aliphatic rings. The van der Waals surface area contributed by atoms with E-state index in [0.29, 0.717) is 13.0 Å². The molecule has 1 N–H and O–H groups in total. The van der Waals surface area contributed by atoms with Crippen LogP contribution in [0, 0.1) is 0 Å². The number of benzene rings is 1. The fourth-order valence-corrected chi connectivity index (χ4v) is 3.20. The molecule has 0 spiro atoms. The average Bonchev–Trinajstić information content (AvgIpc) is 2.47. The Kier molecular flexibility index (Phi) is 3.68. The summed E-state index contributed by atoms with van der Waals surface area (Å²) in [7, 11) is 0. The number of hydrogen-bond donors (Lipinski definition) is 1. The van der Waals surface area contributed by atoms with Crippen LogP contribution in [0.15, 0.2) is 24.3 Å². The number of imide groups is 1. The number of rotatable bonds is 1. The first-order valence-electron chi connectivity index (χ1n) is 7.15. The van der Waals surface area contributed by atoms with E-state index in [2.05, 4.69) is 5.32 Å². The Morgan fingerprint density at radius 3 is 2.64 bits per heavy atom. The van der Waals surface area contributed by atoms with Gasteiger partial charge in [0.25, 0.3) is 0 Å². The lowest BCUT2D eigenvalue weighted by Gasteiger charge is -2.43. The highest BCUT2D eigenvalue weighted by atomic mass is 19.4. The maximum absolute atomic E-state index is 12.9. The quantitative estimate of drug-likeness (QED) is 0.809. The predicted molar refractivity (Wildman–Crippen MR) is 71.7 cm³/mol. The lowest BCUT2D eigenvalue weighted by atomic mass is 9.92. The number of hydrogen-bond acceptors (Lipinski definition) is 3. The maximum Gasteiger partial charge on any atom is 0.416 e. The van der Waals surface area contributed by atoms with E-state index < -0.39 is 29.7 Å². The number of piperidine rings is 1. The fraction of sp³-hybridized carbons (Fsp3) is 0.467. The van der Waals surface area contributed by atoms with Crippen molar-refractivity contribution in [3.63, 3.8) is 0 Å². The number of alkyl halides is 3. The van der Waals surface area contributed by atoms with E-state index >= 15 is 0 Å². The van der Waals surface area contributed by atoms with Crippen LogP contribution >= 0.6 is 0 Å². The van der Waals surface area contributed by atoms with Gasteiger partial charge in [-0.25, -0.2) is 0 Å². The first-order valence-corrected chi connectivity index (χ1v) is 7.15. The lowest BCUT2D eigenvalue weighted by molar-refractivity contribution is -0.147. The van der Waals surface area contributed by atoms with Gasteiger partial charge in [-0.05, 0) is 30.5 Å². The molecule has 0 saturated carbocycles. The molecule has 3 rings (SSSR count). The molecule has 0 aliphatic carbocycles. The van der Waals surface area contributed by atoms with E-state index in [1.54, 1.807) is 4.90 Å². The van der Waals surface area contributed by atoms with Crippen molar-refractivity contribution >= 4 is 11.8 Å². The summed E-state index contributed by atoms with van der Waals surface area (Å²) < 4.78 is 38.6. The van der Waals surface area contributed by atoms with Gasteiger partial charge in [0.1, 0.15) is 6.04 Å². The predicted octanol–water partition coefficient (Wildman–Crippen LogP) is 2.26. The minimum atomic E-state index is -4.46. The van der Waals surface area contributed by atoms with Gasteiger partial charge in [0, 0.05) is 6.54 Å². The van der Waals surface area contributed by atoms with Crippen molar-refractivity contribution in [3.8, 4) is 0 Å². The van der Waals surface area contributed by atoms with Crippen molar-refractivity contribution in [2.24, 2.45) is 0 Å². The van der Waals surface area contributed by atoms with Crippen LogP contribution in [0.2, 0.25) is 0 Å². The number of carbonyl (C=O) groups is 2. The minimum Gasteiger partial charge on any atom is -0.293 e. The number of piperazine rings is 1. The monoisotopic (exact) mass is 312 g/mol. The van der Waals surface area contributed by atoms with Crippen LogP contribution < -0.4 is 5.32 Å². The Balaban J connectivity index is 1.98. The summed E-state index contributed by atoms with van der Waals surface area (Å²) in [4.78, 5) is 25.8. The second kappa shape index (κ2) is 5.39. The van der Waals surface area contributed by atoms with E-state index in [0.717, 1.165) is 25.0 Å². The summed E-state index contributed by atoms with van der Waals surface area (Å²) in [6.45, 7) is 0.532. The molecule has 22 heavy (non-hydrogen) atoms. The molecule has 7 heteroatoms. The SMILES string of the molecule is O=C1NC(=O)[C@@H](c2cccc(C(F)(F)F)c2)N2CCCC[C@H]12. The third-order valence-electron chi connectivity index (χ3n) is 4.20. The summed E-state index contributed by atoms with van der Waals surface area (Å²) in [5.74, 6) is -0.907. The number of halogens is 3. The zero-order valence-electron chi connectivity index (χ0n) is 11.7. The Morgan fingerprint density at radius 2 is 1.91 bits per heavy atom. The molecule has 4 nitrogen and oxygen atoms in total. The molecular formula is C15H15F3N2O2. The lowest BCUT2D eigenvalue weighted by Crippen LogP contribution is -2.60. The molecular weight excluding hydrogens is 297 g/mol. The van der Waals surface area contributed by atoms with Crippen molar-refractivity contribution in [3.05, 3.63) is 35.4 Å². The molecule has 2 aliphatic heterocycles. The third-order valence-corrected chi connectivity index (χ3v) is 4.20. The molecule has 0 radical (unpaired) electrons. The van der Waals surface area contributed by atoms with Gasteiger partial charge in [0.2, 0.25) is 11.8 Å².